The minimum Gasteiger partial charge on any atom is -0.319 e. The highest BCUT2D eigenvalue weighted by atomic mass is 79.9. The van der Waals surface area contributed by atoms with Gasteiger partial charge in [-0.05, 0) is 56.1 Å². The van der Waals surface area contributed by atoms with Crippen molar-refractivity contribution >= 4 is 54.8 Å². The van der Waals surface area contributed by atoms with E-state index in [9.17, 15) is 4.79 Å². The van der Waals surface area contributed by atoms with Gasteiger partial charge in [-0.25, -0.2) is 4.98 Å². The molecule has 0 aliphatic rings. The van der Waals surface area contributed by atoms with Crippen LogP contribution in [-0.2, 0) is 0 Å². The zero-order valence-electron chi connectivity index (χ0n) is 7.91. The van der Waals surface area contributed by atoms with Crippen molar-refractivity contribution in [1.29, 1.82) is 0 Å². The standard InChI is InChI=1S/C10H6Br2N2OS/c11-8-4-3-7(16-8)10(15)14-6-2-1-5-13-9(6)12/h1-5H,(H,14,15). The van der Waals surface area contributed by atoms with Crippen molar-refractivity contribution in [3.63, 3.8) is 0 Å². The number of aromatic nitrogens is 1. The zero-order valence-corrected chi connectivity index (χ0v) is 11.9. The normalized spacial score (nSPS) is 10.1. The Kier molecular flexibility index (Phi) is 3.73. The maximum absolute atomic E-state index is 11.8. The first-order valence-corrected chi connectivity index (χ1v) is 6.74. The van der Waals surface area contributed by atoms with Crippen LogP contribution in [0.4, 0.5) is 5.69 Å². The van der Waals surface area contributed by atoms with Gasteiger partial charge in [0.25, 0.3) is 5.91 Å². The Morgan fingerprint density at radius 3 is 2.75 bits per heavy atom. The fourth-order valence-electron chi connectivity index (χ4n) is 1.10. The van der Waals surface area contributed by atoms with Gasteiger partial charge in [0.05, 0.1) is 14.4 Å². The number of anilines is 1. The van der Waals surface area contributed by atoms with Crippen LogP contribution in [0.2, 0.25) is 0 Å². The number of amides is 1. The van der Waals surface area contributed by atoms with Gasteiger partial charge >= 0.3 is 0 Å². The Balaban J connectivity index is 2.17. The maximum Gasteiger partial charge on any atom is 0.265 e. The van der Waals surface area contributed by atoms with Crippen molar-refractivity contribution in [2.45, 2.75) is 0 Å². The van der Waals surface area contributed by atoms with E-state index in [4.69, 9.17) is 0 Å². The van der Waals surface area contributed by atoms with E-state index in [1.54, 1.807) is 24.4 Å². The lowest BCUT2D eigenvalue weighted by Gasteiger charge is -2.04. The van der Waals surface area contributed by atoms with E-state index in [1.807, 2.05) is 6.07 Å². The molecule has 0 radical (unpaired) electrons. The molecular weight excluding hydrogens is 356 g/mol. The molecule has 2 heterocycles. The van der Waals surface area contributed by atoms with Gasteiger partial charge in [0.2, 0.25) is 0 Å². The number of hydrogen-bond donors (Lipinski definition) is 1. The summed E-state index contributed by atoms with van der Waals surface area (Å²) < 4.78 is 1.56. The summed E-state index contributed by atoms with van der Waals surface area (Å²) in [6.07, 6.45) is 1.65. The number of carbonyl (C=O) groups excluding carboxylic acids is 1. The lowest BCUT2D eigenvalue weighted by Crippen LogP contribution is -2.10. The minimum atomic E-state index is -0.135. The van der Waals surface area contributed by atoms with Gasteiger partial charge in [0, 0.05) is 6.20 Å². The van der Waals surface area contributed by atoms with E-state index in [2.05, 4.69) is 42.2 Å². The Morgan fingerprint density at radius 1 is 1.31 bits per heavy atom. The Morgan fingerprint density at radius 2 is 2.12 bits per heavy atom. The monoisotopic (exact) mass is 360 g/mol. The quantitative estimate of drug-likeness (QED) is 0.823. The van der Waals surface area contributed by atoms with Crippen LogP contribution in [0, 0.1) is 0 Å². The molecule has 0 saturated heterocycles. The van der Waals surface area contributed by atoms with E-state index < -0.39 is 0 Å². The van der Waals surface area contributed by atoms with Crippen molar-refractivity contribution in [1.82, 2.24) is 4.98 Å². The van der Waals surface area contributed by atoms with Gasteiger partial charge in [-0.1, -0.05) is 0 Å². The molecule has 2 rings (SSSR count). The Labute approximate surface area is 113 Å². The molecule has 0 aliphatic carbocycles. The molecule has 0 unspecified atom stereocenters. The van der Waals surface area contributed by atoms with Crippen LogP contribution in [0.3, 0.4) is 0 Å². The third-order valence-corrected chi connectivity index (χ3v) is 4.06. The zero-order chi connectivity index (χ0) is 11.5. The van der Waals surface area contributed by atoms with Gasteiger partial charge in [0.15, 0.2) is 0 Å². The molecule has 0 bridgehead atoms. The number of carbonyl (C=O) groups is 1. The van der Waals surface area contributed by atoms with Gasteiger partial charge in [-0.3, -0.25) is 4.79 Å². The highest BCUT2D eigenvalue weighted by molar-refractivity contribution is 9.11. The van der Waals surface area contributed by atoms with Crippen LogP contribution in [0.15, 0.2) is 38.9 Å². The third kappa shape index (κ3) is 2.69. The summed E-state index contributed by atoms with van der Waals surface area (Å²) in [6.45, 7) is 0. The lowest BCUT2D eigenvalue weighted by atomic mass is 10.4. The molecule has 2 aromatic heterocycles. The molecule has 1 N–H and O–H groups in total. The Hall–Kier alpha value is -0.720. The maximum atomic E-state index is 11.8. The van der Waals surface area contributed by atoms with E-state index >= 15 is 0 Å². The lowest BCUT2D eigenvalue weighted by molar-refractivity contribution is 0.103. The van der Waals surface area contributed by atoms with E-state index in [1.165, 1.54) is 11.3 Å². The average molecular weight is 362 g/mol. The van der Waals surface area contributed by atoms with Gasteiger partial charge < -0.3 is 5.32 Å². The van der Waals surface area contributed by atoms with Crippen LogP contribution < -0.4 is 5.32 Å². The minimum absolute atomic E-state index is 0.135. The summed E-state index contributed by atoms with van der Waals surface area (Å²) in [5.74, 6) is -0.135. The van der Waals surface area contributed by atoms with Crippen molar-refractivity contribution in [3.05, 3.63) is 43.7 Å². The van der Waals surface area contributed by atoms with Gasteiger partial charge in [-0.2, -0.15) is 0 Å². The Bertz CT molecular complexity index is 527. The summed E-state index contributed by atoms with van der Waals surface area (Å²) >= 11 is 7.98. The molecule has 6 heteroatoms. The van der Waals surface area contributed by atoms with Crippen LogP contribution in [-0.4, -0.2) is 10.9 Å². The highest BCUT2D eigenvalue weighted by Crippen LogP contribution is 2.24. The molecule has 0 fully saturated rings. The predicted molar refractivity (Wildman–Crippen MR) is 71.9 cm³/mol. The topological polar surface area (TPSA) is 42.0 Å². The predicted octanol–water partition coefficient (Wildman–Crippen LogP) is 3.92. The van der Waals surface area contributed by atoms with E-state index in [0.29, 0.717) is 15.2 Å². The summed E-state index contributed by atoms with van der Waals surface area (Å²) in [5, 5.41) is 2.78. The number of rotatable bonds is 2. The van der Waals surface area contributed by atoms with Gasteiger partial charge in [0.1, 0.15) is 4.60 Å². The molecule has 0 aromatic carbocycles. The van der Waals surface area contributed by atoms with Crippen molar-refractivity contribution in [2.75, 3.05) is 5.32 Å². The molecule has 2 aromatic rings. The van der Waals surface area contributed by atoms with Gasteiger partial charge in [-0.15, -0.1) is 11.3 Å². The molecule has 0 atom stereocenters. The molecule has 0 spiro atoms. The molecule has 0 aliphatic heterocycles. The number of nitrogens with one attached hydrogen (secondary N) is 1. The van der Waals surface area contributed by atoms with Crippen molar-refractivity contribution in [2.24, 2.45) is 0 Å². The molecule has 82 valence electrons. The largest absolute Gasteiger partial charge is 0.319 e. The smallest absolute Gasteiger partial charge is 0.265 e. The van der Waals surface area contributed by atoms with Crippen LogP contribution in [0.1, 0.15) is 9.67 Å². The fourth-order valence-corrected chi connectivity index (χ4v) is 2.73. The molecule has 3 nitrogen and oxygen atoms in total. The number of nitrogens with zero attached hydrogens (tertiary/aromatic N) is 1. The van der Waals surface area contributed by atoms with E-state index in [-0.39, 0.29) is 5.91 Å². The van der Waals surface area contributed by atoms with Crippen molar-refractivity contribution in [3.8, 4) is 0 Å². The average Bonchev–Trinajstić information content (AvgIpc) is 2.68. The summed E-state index contributed by atoms with van der Waals surface area (Å²) in [4.78, 5) is 16.5. The number of halogens is 2. The SMILES string of the molecule is O=C(Nc1cccnc1Br)c1ccc(Br)s1. The van der Waals surface area contributed by atoms with Crippen LogP contribution in [0.5, 0.6) is 0 Å². The van der Waals surface area contributed by atoms with Crippen molar-refractivity contribution < 1.29 is 4.79 Å². The van der Waals surface area contributed by atoms with Crippen LogP contribution in [0.25, 0.3) is 0 Å². The first-order chi connectivity index (χ1) is 7.66. The second-order valence-corrected chi connectivity index (χ2v) is 6.11. The molecule has 1 amide bonds. The first-order valence-electron chi connectivity index (χ1n) is 4.34. The number of thiophene rings is 1. The molecular formula is C10H6Br2N2OS. The van der Waals surface area contributed by atoms with E-state index in [0.717, 1.165) is 3.79 Å². The summed E-state index contributed by atoms with van der Waals surface area (Å²) in [7, 11) is 0. The third-order valence-electron chi connectivity index (χ3n) is 1.80. The van der Waals surface area contributed by atoms with Crippen LogP contribution >= 0.6 is 43.2 Å². The number of pyridine rings is 1. The summed E-state index contributed by atoms with van der Waals surface area (Å²) in [6, 6.07) is 7.18. The summed E-state index contributed by atoms with van der Waals surface area (Å²) in [5.41, 5.74) is 0.664. The second kappa shape index (κ2) is 5.07. The first kappa shape index (κ1) is 11.8. The molecule has 16 heavy (non-hydrogen) atoms. The second-order valence-electron chi connectivity index (χ2n) is 2.90. The number of hydrogen-bond acceptors (Lipinski definition) is 3. The fraction of sp³-hybridized carbons (Fsp3) is 0. The highest BCUT2D eigenvalue weighted by Gasteiger charge is 2.10. The molecule has 0 saturated carbocycles.